The van der Waals surface area contributed by atoms with Gasteiger partial charge in [-0.25, -0.2) is 0 Å². The zero-order valence-electron chi connectivity index (χ0n) is 12.1. The Morgan fingerprint density at radius 3 is 3.00 bits per heavy atom. The molecule has 2 rings (SSSR count). The number of amides is 2. The second-order valence-electron chi connectivity index (χ2n) is 4.85. The second kappa shape index (κ2) is 7.47. The van der Waals surface area contributed by atoms with E-state index in [0.717, 1.165) is 11.3 Å². The highest BCUT2D eigenvalue weighted by Crippen LogP contribution is 2.19. The van der Waals surface area contributed by atoms with E-state index < -0.39 is 0 Å². The highest BCUT2D eigenvalue weighted by Gasteiger charge is 2.18. The van der Waals surface area contributed by atoms with Crippen molar-refractivity contribution in [2.24, 2.45) is 0 Å². The van der Waals surface area contributed by atoms with Crippen molar-refractivity contribution in [3.63, 3.8) is 0 Å². The molecule has 1 atom stereocenters. The quantitative estimate of drug-likeness (QED) is 0.807. The van der Waals surface area contributed by atoms with Crippen LogP contribution in [-0.2, 0) is 9.59 Å². The minimum absolute atomic E-state index is 0.00184. The van der Waals surface area contributed by atoms with E-state index in [1.54, 1.807) is 6.08 Å². The first-order valence-electron chi connectivity index (χ1n) is 7.16. The first kappa shape index (κ1) is 15.1. The molecule has 0 radical (unpaired) electrons. The molecule has 1 fully saturated rings. The summed E-state index contributed by atoms with van der Waals surface area (Å²) in [6.07, 6.45) is 4.37. The number of rotatable bonds is 5. The first-order valence-corrected chi connectivity index (χ1v) is 7.16. The minimum Gasteiger partial charge on any atom is -0.493 e. The van der Waals surface area contributed by atoms with Crippen molar-refractivity contribution in [3.8, 4) is 5.75 Å². The molecule has 1 aromatic rings. The standard InChI is InChI=1S/C16H20N2O3/c1-2-21-14-6-4-3-5-12(14)7-9-16(20)18-13-8-10-15(19)17-11-13/h3-7,9,13H,2,8,10-11H2,1H3,(H,17,19)(H,18,20). The lowest BCUT2D eigenvalue weighted by atomic mass is 10.1. The van der Waals surface area contributed by atoms with E-state index in [2.05, 4.69) is 10.6 Å². The SMILES string of the molecule is CCOc1ccccc1C=CC(=O)NC1CCC(=O)NC1. The monoisotopic (exact) mass is 288 g/mol. The number of piperidine rings is 1. The molecule has 0 bridgehead atoms. The van der Waals surface area contributed by atoms with Gasteiger partial charge in [0.15, 0.2) is 0 Å². The van der Waals surface area contributed by atoms with Crippen LogP contribution in [0.5, 0.6) is 5.75 Å². The normalized spacial score (nSPS) is 18.3. The van der Waals surface area contributed by atoms with Crippen LogP contribution in [0.4, 0.5) is 0 Å². The maximum absolute atomic E-state index is 11.9. The maximum Gasteiger partial charge on any atom is 0.244 e. The van der Waals surface area contributed by atoms with Crippen LogP contribution in [-0.4, -0.2) is 31.0 Å². The van der Waals surface area contributed by atoms with Crippen molar-refractivity contribution < 1.29 is 14.3 Å². The molecule has 5 nitrogen and oxygen atoms in total. The van der Waals surface area contributed by atoms with Crippen LogP contribution >= 0.6 is 0 Å². The molecule has 2 N–H and O–H groups in total. The average Bonchev–Trinajstić information content (AvgIpc) is 2.49. The van der Waals surface area contributed by atoms with Crippen molar-refractivity contribution in [3.05, 3.63) is 35.9 Å². The lowest BCUT2D eigenvalue weighted by Crippen LogP contribution is -2.47. The van der Waals surface area contributed by atoms with Gasteiger partial charge in [-0.2, -0.15) is 0 Å². The van der Waals surface area contributed by atoms with Gasteiger partial charge in [-0.3, -0.25) is 9.59 Å². The van der Waals surface area contributed by atoms with E-state index >= 15 is 0 Å². The number of benzene rings is 1. The van der Waals surface area contributed by atoms with Crippen LogP contribution < -0.4 is 15.4 Å². The molecular weight excluding hydrogens is 268 g/mol. The Hall–Kier alpha value is -2.30. The number of hydrogen-bond donors (Lipinski definition) is 2. The lowest BCUT2D eigenvalue weighted by molar-refractivity contribution is -0.124. The molecule has 112 valence electrons. The van der Waals surface area contributed by atoms with Gasteiger partial charge in [0.2, 0.25) is 11.8 Å². The Balaban J connectivity index is 1.91. The molecule has 0 spiro atoms. The summed E-state index contributed by atoms with van der Waals surface area (Å²) < 4.78 is 5.50. The number of carbonyl (C=O) groups is 2. The predicted molar refractivity (Wildman–Crippen MR) is 80.8 cm³/mol. The average molecular weight is 288 g/mol. The van der Waals surface area contributed by atoms with Gasteiger partial charge in [0.1, 0.15) is 5.75 Å². The zero-order chi connectivity index (χ0) is 15.1. The van der Waals surface area contributed by atoms with Crippen molar-refractivity contribution >= 4 is 17.9 Å². The predicted octanol–water partition coefficient (Wildman–Crippen LogP) is 1.49. The van der Waals surface area contributed by atoms with Crippen LogP contribution in [0.15, 0.2) is 30.3 Å². The molecule has 0 aliphatic carbocycles. The van der Waals surface area contributed by atoms with Gasteiger partial charge in [-0.1, -0.05) is 18.2 Å². The van der Waals surface area contributed by atoms with E-state index in [0.29, 0.717) is 26.0 Å². The summed E-state index contributed by atoms with van der Waals surface area (Å²) >= 11 is 0. The largest absolute Gasteiger partial charge is 0.493 e. The van der Waals surface area contributed by atoms with Gasteiger partial charge in [-0.15, -0.1) is 0 Å². The van der Waals surface area contributed by atoms with E-state index in [9.17, 15) is 9.59 Å². The highest BCUT2D eigenvalue weighted by molar-refractivity contribution is 5.92. The van der Waals surface area contributed by atoms with Crippen LogP contribution in [0.1, 0.15) is 25.3 Å². The Labute approximate surface area is 124 Å². The highest BCUT2D eigenvalue weighted by atomic mass is 16.5. The van der Waals surface area contributed by atoms with Crippen LogP contribution in [0.2, 0.25) is 0 Å². The third-order valence-corrected chi connectivity index (χ3v) is 3.24. The molecule has 1 aliphatic rings. The summed E-state index contributed by atoms with van der Waals surface area (Å²) in [5, 5.41) is 5.62. The summed E-state index contributed by atoms with van der Waals surface area (Å²) in [5.41, 5.74) is 0.867. The smallest absolute Gasteiger partial charge is 0.244 e. The Kier molecular flexibility index (Phi) is 5.37. The van der Waals surface area contributed by atoms with Crippen LogP contribution in [0, 0.1) is 0 Å². The van der Waals surface area contributed by atoms with E-state index in [1.807, 2.05) is 31.2 Å². The molecule has 1 saturated heterocycles. The van der Waals surface area contributed by atoms with Gasteiger partial charge < -0.3 is 15.4 Å². The van der Waals surface area contributed by atoms with E-state index in [1.165, 1.54) is 6.08 Å². The summed E-state index contributed by atoms with van der Waals surface area (Å²) in [7, 11) is 0. The van der Waals surface area contributed by atoms with Crippen molar-refractivity contribution in [2.75, 3.05) is 13.2 Å². The van der Waals surface area contributed by atoms with Gasteiger partial charge in [0, 0.05) is 30.6 Å². The van der Waals surface area contributed by atoms with Gasteiger partial charge in [0.05, 0.1) is 6.61 Å². The molecule has 1 unspecified atom stereocenters. The molecule has 0 saturated carbocycles. The van der Waals surface area contributed by atoms with Crippen LogP contribution in [0.25, 0.3) is 6.08 Å². The third kappa shape index (κ3) is 4.63. The molecule has 0 aromatic heterocycles. The molecule has 21 heavy (non-hydrogen) atoms. The number of nitrogens with one attached hydrogen (secondary N) is 2. The number of hydrogen-bond acceptors (Lipinski definition) is 3. The van der Waals surface area contributed by atoms with Crippen LogP contribution in [0.3, 0.4) is 0 Å². The molecular formula is C16H20N2O3. The topological polar surface area (TPSA) is 67.4 Å². The second-order valence-corrected chi connectivity index (χ2v) is 4.85. The maximum atomic E-state index is 11.9. The number of para-hydroxylation sites is 1. The van der Waals surface area contributed by atoms with Crippen molar-refractivity contribution in [1.29, 1.82) is 0 Å². The zero-order valence-corrected chi connectivity index (χ0v) is 12.1. The molecule has 1 heterocycles. The Bertz CT molecular complexity index is 530. The molecule has 1 aromatic carbocycles. The number of ether oxygens (including phenoxy) is 1. The fraction of sp³-hybridized carbons (Fsp3) is 0.375. The Morgan fingerprint density at radius 2 is 2.29 bits per heavy atom. The lowest BCUT2D eigenvalue weighted by Gasteiger charge is -2.22. The van der Waals surface area contributed by atoms with Gasteiger partial charge >= 0.3 is 0 Å². The van der Waals surface area contributed by atoms with E-state index in [4.69, 9.17) is 4.74 Å². The number of carbonyl (C=O) groups excluding carboxylic acids is 2. The Morgan fingerprint density at radius 1 is 1.48 bits per heavy atom. The van der Waals surface area contributed by atoms with Crippen molar-refractivity contribution in [2.45, 2.75) is 25.8 Å². The summed E-state index contributed by atoms with van der Waals surface area (Å²) in [6, 6.07) is 7.57. The molecule has 5 heteroatoms. The fourth-order valence-corrected chi connectivity index (χ4v) is 2.18. The van der Waals surface area contributed by atoms with Gasteiger partial charge in [0.25, 0.3) is 0 Å². The summed E-state index contributed by atoms with van der Waals surface area (Å²) in [6.45, 7) is 3.00. The molecule has 1 aliphatic heterocycles. The van der Waals surface area contributed by atoms with E-state index in [-0.39, 0.29) is 17.9 Å². The fourth-order valence-electron chi connectivity index (χ4n) is 2.18. The summed E-state index contributed by atoms with van der Waals surface area (Å²) in [5.74, 6) is 0.637. The first-order chi connectivity index (χ1) is 10.2. The summed E-state index contributed by atoms with van der Waals surface area (Å²) in [4.78, 5) is 22.9. The van der Waals surface area contributed by atoms with Gasteiger partial charge in [-0.05, 0) is 25.5 Å². The minimum atomic E-state index is -0.164. The molecule has 2 amide bonds. The third-order valence-electron chi connectivity index (χ3n) is 3.24. The van der Waals surface area contributed by atoms with Crippen molar-refractivity contribution in [1.82, 2.24) is 10.6 Å².